The summed E-state index contributed by atoms with van der Waals surface area (Å²) in [4.78, 5) is 12.0. The van der Waals surface area contributed by atoms with E-state index in [1.807, 2.05) is 0 Å². The first-order valence-corrected chi connectivity index (χ1v) is 8.47. The van der Waals surface area contributed by atoms with Gasteiger partial charge in [-0.1, -0.05) is 32.1 Å². The predicted octanol–water partition coefficient (Wildman–Crippen LogP) is 2.56. The molecular formula is C16H28N2O2. The lowest BCUT2D eigenvalue weighted by atomic mass is 9.85. The molecule has 3 fully saturated rings. The highest BCUT2D eigenvalue weighted by Crippen LogP contribution is 2.44. The molecule has 3 aliphatic carbocycles. The van der Waals surface area contributed by atoms with Crippen LogP contribution in [0.15, 0.2) is 0 Å². The number of aliphatic hydroxyl groups is 1. The lowest BCUT2D eigenvalue weighted by Gasteiger charge is -2.26. The topological polar surface area (TPSA) is 61.4 Å². The van der Waals surface area contributed by atoms with E-state index in [1.165, 1.54) is 38.5 Å². The van der Waals surface area contributed by atoms with Crippen molar-refractivity contribution in [2.24, 2.45) is 11.8 Å². The van der Waals surface area contributed by atoms with E-state index < -0.39 is 0 Å². The zero-order valence-electron chi connectivity index (χ0n) is 12.3. The van der Waals surface area contributed by atoms with E-state index in [0.29, 0.717) is 6.04 Å². The highest BCUT2D eigenvalue weighted by atomic mass is 16.3. The molecule has 4 heteroatoms. The molecule has 0 aromatic heterocycles. The van der Waals surface area contributed by atoms with Crippen molar-refractivity contribution in [1.82, 2.24) is 10.6 Å². The number of amides is 2. The minimum Gasteiger partial charge on any atom is -0.393 e. The van der Waals surface area contributed by atoms with Crippen LogP contribution < -0.4 is 10.6 Å². The second kappa shape index (κ2) is 6.33. The van der Waals surface area contributed by atoms with E-state index in [9.17, 15) is 9.90 Å². The van der Waals surface area contributed by atoms with Gasteiger partial charge in [0.25, 0.3) is 0 Å². The summed E-state index contributed by atoms with van der Waals surface area (Å²) in [6.45, 7) is 0. The molecule has 0 spiro atoms. The van der Waals surface area contributed by atoms with E-state index in [0.717, 1.165) is 37.5 Å². The predicted molar refractivity (Wildman–Crippen MR) is 78.4 cm³/mol. The fourth-order valence-electron chi connectivity index (χ4n) is 4.08. The van der Waals surface area contributed by atoms with Crippen molar-refractivity contribution in [3.05, 3.63) is 0 Å². The Labute approximate surface area is 121 Å². The Kier molecular flexibility index (Phi) is 4.49. The molecule has 0 bridgehead atoms. The van der Waals surface area contributed by atoms with Gasteiger partial charge in [0.1, 0.15) is 0 Å². The van der Waals surface area contributed by atoms with Gasteiger partial charge < -0.3 is 15.7 Å². The van der Waals surface area contributed by atoms with E-state index in [-0.39, 0.29) is 18.2 Å². The van der Waals surface area contributed by atoms with E-state index in [1.54, 1.807) is 0 Å². The van der Waals surface area contributed by atoms with Gasteiger partial charge in [0.15, 0.2) is 0 Å². The number of urea groups is 1. The summed E-state index contributed by atoms with van der Waals surface area (Å²) in [5, 5.41) is 15.7. The van der Waals surface area contributed by atoms with Crippen molar-refractivity contribution in [3.63, 3.8) is 0 Å². The average Bonchev–Trinajstić information content (AvgIpc) is 3.21. The molecule has 0 radical (unpaired) electrons. The van der Waals surface area contributed by atoms with Gasteiger partial charge in [0.2, 0.25) is 0 Å². The van der Waals surface area contributed by atoms with E-state index in [4.69, 9.17) is 0 Å². The molecule has 0 heterocycles. The van der Waals surface area contributed by atoms with Gasteiger partial charge in [0, 0.05) is 12.1 Å². The Hall–Kier alpha value is -0.770. The third-order valence-corrected chi connectivity index (χ3v) is 5.44. The molecule has 3 aliphatic rings. The summed E-state index contributed by atoms with van der Waals surface area (Å²) in [6.07, 6.45) is 11.4. The molecule has 20 heavy (non-hydrogen) atoms. The number of aliphatic hydroxyl groups excluding tert-OH is 1. The number of hydrogen-bond donors (Lipinski definition) is 3. The summed E-state index contributed by atoms with van der Waals surface area (Å²) in [5.41, 5.74) is 0. The first kappa shape index (κ1) is 14.2. The van der Waals surface area contributed by atoms with E-state index in [2.05, 4.69) is 10.6 Å². The number of nitrogens with one attached hydrogen (secondary N) is 2. The second-order valence-electron chi connectivity index (χ2n) is 7.03. The normalized spacial score (nSPS) is 38.2. The van der Waals surface area contributed by atoms with Crippen LogP contribution in [0, 0.1) is 11.8 Å². The van der Waals surface area contributed by atoms with Crippen molar-refractivity contribution in [2.45, 2.75) is 82.4 Å². The molecule has 4 nitrogen and oxygen atoms in total. The van der Waals surface area contributed by atoms with Crippen LogP contribution in [-0.4, -0.2) is 29.3 Å². The molecule has 3 N–H and O–H groups in total. The van der Waals surface area contributed by atoms with Crippen LogP contribution in [-0.2, 0) is 0 Å². The van der Waals surface area contributed by atoms with Crippen LogP contribution in [0.3, 0.4) is 0 Å². The van der Waals surface area contributed by atoms with Crippen LogP contribution >= 0.6 is 0 Å². The zero-order chi connectivity index (χ0) is 13.9. The Morgan fingerprint density at radius 3 is 2.30 bits per heavy atom. The van der Waals surface area contributed by atoms with Crippen molar-refractivity contribution < 1.29 is 9.90 Å². The number of hydrogen-bond acceptors (Lipinski definition) is 2. The summed E-state index contributed by atoms with van der Waals surface area (Å²) >= 11 is 0. The molecule has 3 saturated carbocycles. The standard InChI is InChI=1S/C16H28N2O2/c19-13-8-6-12(7-9-13)17-16(20)18-15-10-14(15)11-4-2-1-3-5-11/h11-15,19H,1-10H2,(H2,17,18,20). The first-order valence-electron chi connectivity index (χ1n) is 8.47. The number of rotatable bonds is 3. The van der Waals surface area contributed by atoms with Gasteiger partial charge in [-0.3, -0.25) is 0 Å². The third kappa shape index (κ3) is 3.66. The maximum absolute atomic E-state index is 12.0. The molecule has 114 valence electrons. The van der Waals surface area contributed by atoms with Crippen molar-refractivity contribution in [1.29, 1.82) is 0 Å². The molecule has 0 aliphatic heterocycles. The third-order valence-electron chi connectivity index (χ3n) is 5.44. The van der Waals surface area contributed by atoms with Crippen molar-refractivity contribution >= 4 is 6.03 Å². The summed E-state index contributed by atoms with van der Waals surface area (Å²) in [5.74, 6) is 1.60. The smallest absolute Gasteiger partial charge is 0.315 e. The van der Waals surface area contributed by atoms with Gasteiger partial charge in [-0.15, -0.1) is 0 Å². The van der Waals surface area contributed by atoms with Gasteiger partial charge in [-0.25, -0.2) is 4.79 Å². The van der Waals surface area contributed by atoms with Crippen molar-refractivity contribution in [2.75, 3.05) is 0 Å². The maximum atomic E-state index is 12.0. The SMILES string of the molecule is O=C(NC1CCC(O)CC1)NC1CC1C1CCCCC1. The quantitative estimate of drug-likeness (QED) is 0.744. The second-order valence-corrected chi connectivity index (χ2v) is 7.03. The highest BCUT2D eigenvalue weighted by Gasteiger charge is 2.43. The molecule has 2 amide bonds. The largest absolute Gasteiger partial charge is 0.393 e. The number of carbonyl (C=O) groups excluding carboxylic acids is 1. The van der Waals surface area contributed by atoms with Gasteiger partial charge >= 0.3 is 6.03 Å². The minimum atomic E-state index is -0.157. The Bertz CT molecular complexity index is 333. The van der Waals surface area contributed by atoms with Gasteiger partial charge in [0.05, 0.1) is 6.10 Å². The molecule has 2 unspecified atom stereocenters. The molecular weight excluding hydrogens is 252 g/mol. The van der Waals surface area contributed by atoms with Crippen LogP contribution in [0.2, 0.25) is 0 Å². The monoisotopic (exact) mass is 280 g/mol. The highest BCUT2D eigenvalue weighted by molar-refractivity contribution is 5.75. The fourth-order valence-corrected chi connectivity index (χ4v) is 4.08. The minimum absolute atomic E-state index is 0.00898. The Morgan fingerprint density at radius 1 is 0.900 bits per heavy atom. The Morgan fingerprint density at radius 2 is 1.60 bits per heavy atom. The van der Waals surface area contributed by atoms with E-state index >= 15 is 0 Å². The van der Waals surface area contributed by atoms with Gasteiger partial charge in [-0.05, 0) is 43.9 Å². The molecule has 0 aromatic carbocycles. The van der Waals surface area contributed by atoms with Crippen LogP contribution in [0.1, 0.15) is 64.2 Å². The van der Waals surface area contributed by atoms with Crippen LogP contribution in [0.25, 0.3) is 0 Å². The average molecular weight is 280 g/mol. The first-order chi connectivity index (χ1) is 9.72. The number of carbonyl (C=O) groups is 1. The molecule has 0 saturated heterocycles. The summed E-state index contributed by atoms with van der Waals surface area (Å²) in [7, 11) is 0. The van der Waals surface area contributed by atoms with Crippen molar-refractivity contribution in [3.8, 4) is 0 Å². The zero-order valence-corrected chi connectivity index (χ0v) is 12.3. The summed E-state index contributed by atoms with van der Waals surface area (Å²) < 4.78 is 0. The van der Waals surface area contributed by atoms with Crippen LogP contribution in [0.5, 0.6) is 0 Å². The lowest BCUT2D eigenvalue weighted by Crippen LogP contribution is -2.45. The maximum Gasteiger partial charge on any atom is 0.315 e. The van der Waals surface area contributed by atoms with Gasteiger partial charge in [-0.2, -0.15) is 0 Å². The lowest BCUT2D eigenvalue weighted by molar-refractivity contribution is 0.117. The Balaban J connectivity index is 1.35. The summed E-state index contributed by atoms with van der Waals surface area (Å²) in [6, 6.07) is 0.687. The molecule has 2 atom stereocenters. The fraction of sp³-hybridized carbons (Fsp3) is 0.938. The molecule has 3 rings (SSSR count). The van der Waals surface area contributed by atoms with Crippen LogP contribution in [0.4, 0.5) is 4.79 Å². The molecule has 0 aromatic rings.